The Hall–Kier alpha value is -2.96. The number of carbonyl (C=O) groups excluding carboxylic acids is 1. The van der Waals surface area contributed by atoms with Gasteiger partial charge in [-0.2, -0.15) is 5.10 Å². The van der Waals surface area contributed by atoms with Gasteiger partial charge in [0.1, 0.15) is 11.5 Å². The molecule has 0 saturated carbocycles. The van der Waals surface area contributed by atoms with Crippen LogP contribution in [0.15, 0.2) is 36.8 Å². The number of pyridine rings is 1. The van der Waals surface area contributed by atoms with Crippen LogP contribution in [0.2, 0.25) is 0 Å². The first-order valence-electron chi connectivity index (χ1n) is 8.00. The van der Waals surface area contributed by atoms with Gasteiger partial charge in [-0.05, 0) is 38.0 Å². The second-order valence-corrected chi connectivity index (χ2v) is 6.02. The van der Waals surface area contributed by atoms with Crippen molar-refractivity contribution in [1.82, 2.24) is 30.0 Å². The number of rotatable bonds is 3. The summed E-state index contributed by atoms with van der Waals surface area (Å²) in [4.78, 5) is 26.5. The molecule has 0 radical (unpaired) electrons. The van der Waals surface area contributed by atoms with Gasteiger partial charge in [0.05, 0.1) is 11.7 Å². The number of hydrogen-bond acceptors (Lipinski definition) is 4. The minimum absolute atomic E-state index is 0.00339. The molecule has 3 aromatic heterocycles. The van der Waals surface area contributed by atoms with Crippen molar-refractivity contribution in [3.8, 4) is 11.3 Å². The van der Waals surface area contributed by atoms with Gasteiger partial charge in [0.25, 0.3) is 5.91 Å². The molecule has 0 aromatic carbocycles. The van der Waals surface area contributed by atoms with E-state index in [2.05, 4.69) is 25.1 Å². The smallest absolute Gasteiger partial charge is 0.272 e. The Morgan fingerprint density at radius 2 is 2.29 bits per heavy atom. The first kappa shape index (κ1) is 14.6. The summed E-state index contributed by atoms with van der Waals surface area (Å²) in [5.74, 6) is 0.805. The summed E-state index contributed by atoms with van der Waals surface area (Å²) < 4.78 is 0. The number of aryl methyl sites for hydroxylation is 1. The van der Waals surface area contributed by atoms with E-state index in [0.29, 0.717) is 5.69 Å². The zero-order chi connectivity index (χ0) is 16.5. The number of nitrogens with one attached hydrogen (secondary N) is 2. The first-order valence-corrected chi connectivity index (χ1v) is 8.00. The molecule has 1 atom stereocenters. The molecule has 0 aliphatic carbocycles. The third kappa shape index (κ3) is 2.58. The monoisotopic (exact) mass is 322 g/mol. The van der Waals surface area contributed by atoms with Gasteiger partial charge >= 0.3 is 0 Å². The van der Waals surface area contributed by atoms with Crippen molar-refractivity contribution in [1.29, 1.82) is 0 Å². The zero-order valence-electron chi connectivity index (χ0n) is 13.4. The molecular weight excluding hydrogens is 304 g/mol. The van der Waals surface area contributed by atoms with Gasteiger partial charge < -0.3 is 9.88 Å². The van der Waals surface area contributed by atoms with Crippen LogP contribution in [0.5, 0.6) is 0 Å². The van der Waals surface area contributed by atoms with Gasteiger partial charge in [-0.3, -0.25) is 14.9 Å². The highest BCUT2D eigenvalue weighted by atomic mass is 16.2. The Labute approximate surface area is 139 Å². The Balaban J connectivity index is 1.58. The molecule has 0 spiro atoms. The van der Waals surface area contributed by atoms with Gasteiger partial charge in [-0.1, -0.05) is 0 Å². The topological polar surface area (TPSA) is 90.6 Å². The lowest BCUT2D eigenvalue weighted by atomic mass is 10.2. The lowest BCUT2D eigenvalue weighted by Gasteiger charge is -2.22. The molecular formula is C17H18N6O. The van der Waals surface area contributed by atoms with Crippen molar-refractivity contribution in [2.24, 2.45) is 0 Å². The molecule has 1 fully saturated rings. The lowest BCUT2D eigenvalue weighted by molar-refractivity contribution is 0.0724. The molecule has 3 aromatic rings. The van der Waals surface area contributed by atoms with Crippen LogP contribution in [0.1, 0.15) is 40.9 Å². The average molecular weight is 322 g/mol. The minimum atomic E-state index is -0.0470. The van der Waals surface area contributed by atoms with Crippen molar-refractivity contribution in [3.63, 3.8) is 0 Å². The number of H-pyrrole nitrogens is 2. The molecule has 0 bridgehead atoms. The van der Waals surface area contributed by atoms with Crippen LogP contribution < -0.4 is 0 Å². The maximum Gasteiger partial charge on any atom is 0.272 e. The molecule has 7 nitrogen and oxygen atoms in total. The summed E-state index contributed by atoms with van der Waals surface area (Å²) in [5.41, 5.74) is 3.09. The van der Waals surface area contributed by atoms with E-state index in [1.165, 1.54) is 0 Å². The third-order valence-electron chi connectivity index (χ3n) is 4.32. The molecule has 24 heavy (non-hydrogen) atoms. The molecule has 122 valence electrons. The average Bonchev–Trinajstić information content (AvgIpc) is 3.35. The van der Waals surface area contributed by atoms with Crippen LogP contribution in [-0.4, -0.2) is 42.5 Å². The van der Waals surface area contributed by atoms with Crippen LogP contribution in [0, 0.1) is 6.92 Å². The number of aromatic nitrogens is 5. The summed E-state index contributed by atoms with van der Waals surface area (Å²) in [5, 5.41) is 7.10. The van der Waals surface area contributed by atoms with E-state index in [1.54, 1.807) is 24.7 Å². The van der Waals surface area contributed by atoms with Crippen LogP contribution in [-0.2, 0) is 0 Å². The highest BCUT2D eigenvalue weighted by Gasteiger charge is 2.33. The first-order chi connectivity index (χ1) is 11.7. The number of carbonyl (C=O) groups is 1. The third-order valence-corrected chi connectivity index (χ3v) is 4.32. The van der Waals surface area contributed by atoms with Crippen molar-refractivity contribution >= 4 is 5.91 Å². The van der Waals surface area contributed by atoms with E-state index in [4.69, 9.17) is 0 Å². The normalized spacial score (nSPS) is 17.4. The number of nitrogens with zero attached hydrogens (tertiary/aromatic N) is 4. The molecule has 2 N–H and O–H groups in total. The number of imidazole rings is 1. The number of amides is 1. The van der Waals surface area contributed by atoms with Crippen LogP contribution in [0.4, 0.5) is 0 Å². The number of hydrogen-bond donors (Lipinski definition) is 2. The zero-order valence-corrected chi connectivity index (χ0v) is 13.4. The molecule has 4 heterocycles. The summed E-state index contributed by atoms with van der Waals surface area (Å²) >= 11 is 0. The highest BCUT2D eigenvalue weighted by molar-refractivity contribution is 5.93. The quantitative estimate of drug-likeness (QED) is 0.775. The molecule has 1 amide bonds. The van der Waals surface area contributed by atoms with E-state index in [9.17, 15) is 4.79 Å². The Morgan fingerprint density at radius 1 is 1.38 bits per heavy atom. The van der Waals surface area contributed by atoms with E-state index in [0.717, 1.165) is 42.2 Å². The molecule has 0 unspecified atom stereocenters. The number of aromatic amines is 2. The van der Waals surface area contributed by atoms with E-state index in [1.807, 2.05) is 24.0 Å². The number of likely N-dealkylation sites (tertiary alicyclic amines) is 1. The van der Waals surface area contributed by atoms with Crippen LogP contribution in [0.25, 0.3) is 11.3 Å². The largest absolute Gasteiger partial charge is 0.344 e. The van der Waals surface area contributed by atoms with Gasteiger partial charge in [0, 0.05) is 36.4 Å². The second-order valence-electron chi connectivity index (χ2n) is 6.02. The standard InChI is InChI=1S/C17H18N6O/c1-11-9-19-16(20-11)15-5-3-7-23(15)17(24)14-8-13(21-22-14)12-4-2-6-18-10-12/h2,4,6,8-10,15H,3,5,7H2,1H3,(H,19,20)(H,21,22)/t15-/m0/s1. The van der Waals surface area contributed by atoms with Crippen molar-refractivity contribution in [2.75, 3.05) is 6.54 Å². The van der Waals surface area contributed by atoms with Crippen molar-refractivity contribution < 1.29 is 4.79 Å². The molecule has 1 aliphatic heterocycles. The molecule has 4 rings (SSSR count). The van der Waals surface area contributed by atoms with Crippen molar-refractivity contribution in [2.45, 2.75) is 25.8 Å². The minimum Gasteiger partial charge on any atom is -0.344 e. The fourth-order valence-electron chi connectivity index (χ4n) is 3.14. The fraction of sp³-hybridized carbons (Fsp3) is 0.294. The Bertz CT molecular complexity index is 853. The predicted octanol–water partition coefficient (Wildman–Crippen LogP) is 2.48. The van der Waals surface area contributed by atoms with Gasteiger partial charge in [0.2, 0.25) is 0 Å². The predicted molar refractivity (Wildman–Crippen MR) is 88.2 cm³/mol. The van der Waals surface area contributed by atoms with E-state index < -0.39 is 0 Å². The summed E-state index contributed by atoms with van der Waals surface area (Å²) in [6.07, 6.45) is 7.13. The molecule has 1 aliphatic rings. The van der Waals surface area contributed by atoms with Gasteiger partial charge in [-0.25, -0.2) is 4.98 Å². The Kier molecular flexibility index (Phi) is 3.60. The lowest BCUT2D eigenvalue weighted by Crippen LogP contribution is -2.31. The van der Waals surface area contributed by atoms with Gasteiger partial charge in [0.15, 0.2) is 0 Å². The molecule has 7 heteroatoms. The SMILES string of the molecule is Cc1cnc([C@@H]2CCCN2C(=O)c2cc(-c3cccnc3)n[nH]2)[nH]1. The van der Waals surface area contributed by atoms with Gasteiger partial charge in [-0.15, -0.1) is 0 Å². The highest BCUT2D eigenvalue weighted by Crippen LogP contribution is 2.31. The maximum atomic E-state index is 12.9. The summed E-state index contributed by atoms with van der Waals surface area (Å²) in [7, 11) is 0. The van der Waals surface area contributed by atoms with E-state index >= 15 is 0 Å². The summed E-state index contributed by atoms with van der Waals surface area (Å²) in [6, 6.07) is 5.54. The van der Waals surface area contributed by atoms with Crippen LogP contribution >= 0.6 is 0 Å². The van der Waals surface area contributed by atoms with Crippen LogP contribution in [0.3, 0.4) is 0 Å². The fourth-order valence-corrected chi connectivity index (χ4v) is 3.14. The summed E-state index contributed by atoms with van der Waals surface area (Å²) in [6.45, 7) is 2.69. The second kappa shape index (κ2) is 5.92. The molecule has 1 saturated heterocycles. The maximum absolute atomic E-state index is 12.9. The van der Waals surface area contributed by atoms with Crippen molar-refractivity contribution in [3.05, 3.63) is 54.0 Å². The Morgan fingerprint density at radius 3 is 3.04 bits per heavy atom. The van der Waals surface area contributed by atoms with E-state index in [-0.39, 0.29) is 11.9 Å².